The minimum atomic E-state index is -1.74. The maximum absolute atomic E-state index is 14.8. The van der Waals surface area contributed by atoms with Gasteiger partial charge in [-0.1, -0.05) is 12.1 Å². The molecule has 140 valence electrons. The summed E-state index contributed by atoms with van der Waals surface area (Å²) < 4.78 is 16.5. The van der Waals surface area contributed by atoms with Crippen molar-refractivity contribution in [1.29, 1.82) is 0 Å². The van der Waals surface area contributed by atoms with Gasteiger partial charge in [-0.15, -0.1) is 0 Å². The van der Waals surface area contributed by atoms with Crippen LogP contribution in [0.4, 0.5) is 4.39 Å². The van der Waals surface area contributed by atoms with Crippen LogP contribution in [-0.2, 0) is 18.3 Å². The molecule has 3 heterocycles. The highest BCUT2D eigenvalue weighted by molar-refractivity contribution is 5.92. The molecule has 0 unspecified atom stereocenters. The summed E-state index contributed by atoms with van der Waals surface area (Å²) in [6.45, 7) is 4.38. The first-order valence-electron chi connectivity index (χ1n) is 9.18. The zero-order valence-corrected chi connectivity index (χ0v) is 15.8. The zero-order valence-electron chi connectivity index (χ0n) is 15.8. The van der Waals surface area contributed by atoms with Crippen LogP contribution in [0, 0.1) is 0 Å². The molecule has 2 aromatic heterocycles. The number of aryl methyl sites for hydroxylation is 1. The van der Waals surface area contributed by atoms with Crippen LogP contribution in [0.1, 0.15) is 19.5 Å². The van der Waals surface area contributed by atoms with Crippen LogP contribution >= 0.6 is 0 Å². The number of benzene rings is 1. The molecule has 1 fully saturated rings. The van der Waals surface area contributed by atoms with Gasteiger partial charge in [-0.3, -0.25) is 19.4 Å². The Labute approximate surface area is 157 Å². The van der Waals surface area contributed by atoms with Crippen molar-refractivity contribution in [2.24, 2.45) is 7.05 Å². The number of halogens is 1. The number of Topliss-reactive ketones (excluding diaryl/α,β-unsaturated/α-hetero) is 1. The summed E-state index contributed by atoms with van der Waals surface area (Å²) in [4.78, 5) is 18.8. The number of nitrogens with zero attached hydrogens (tertiary/aromatic N) is 4. The van der Waals surface area contributed by atoms with Crippen LogP contribution < -0.4 is 0 Å². The highest BCUT2D eigenvalue weighted by Gasteiger charge is 2.49. The second-order valence-corrected chi connectivity index (χ2v) is 7.70. The van der Waals surface area contributed by atoms with Crippen molar-refractivity contribution in [3.63, 3.8) is 0 Å². The Morgan fingerprint density at radius 1 is 1.19 bits per heavy atom. The molecule has 0 saturated carbocycles. The van der Waals surface area contributed by atoms with E-state index in [1.165, 1.54) is 0 Å². The van der Waals surface area contributed by atoms with Crippen molar-refractivity contribution < 1.29 is 9.18 Å². The lowest BCUT2D eigenvalue weighted by Gasteiger charge is -2.45. The molecule has 0 radical (unpaired) electrons. The summed E-state index contributed by atoms with van der Waals surface area (Å²) >= 11 is 0. The number of hydrogen-bond donors (Lipinski definition) is 0. The van der Waals surface area contributed by atoms with Gasteiger partial charge in [-0.05, 0) is 36.9 Å². The number of carbonyl (C=O) groups is 1. The molecule has 0 amide bonds. The van der Waals surface area contributed by atoms with Gasteiger partial charge >= 0.3 is 0 Å². The fraction of sp³-hybridized carbons (Fsp3) is 0.381. The summed E-state index contributed by atoms with van der Waals surface area (Å²) in [7, 11) is 1.88. The third kappa shape index (κ3) is 3.37. The molecule has 5 nitrogen and oxygen atoms in total. The smallest absolute Gasteiger partial charge is 0.194 e. The summed E-state index contributed by atoms with van der Waals surface area (Å²) in [5.74, 6) is -0.380. The van der Waals surface area contributed by atoms with E-state index in [2.05, 4.69) is 16.1 Å². The topological polar surface area (TPSA) is 51.0 Å². The average Bonchev–Trinajstić information content (AvgIpc) is 3.04. The second-order valence-electron chi connectivity index (χ2n) is 7.70. The summed E-state index contributed by atoms with van der Waals surface area (Å²) in [5, 5.41) is 6.18. The number of alkyl halides is 1. The van der Waals surface area contributed by atoms with Crippen LogP contribution in [0.25, 0.3) is 21.9 Å². The lowest BCUT2D eigenvalue weighted by atomic mass is 9.87. The molecule has 0 atom stereocenters. The van der Waals surface area contributed by atoms with E-state index in [0.717, 1.165) is 21.9 Å². The van der Waals surface area contributed by atoms with Gasteiger partial charge < -0.3 is 0 Å². The number of carbonyl (C=O) groups excluding carboxylic acids is 1. The Hall–Kier alpha value is -2.60. The molecular formula is C21H23FN4O. The molecular weight excluding hydrogens is 343 g/mol. The van der Waals surface area contributed by atoms with Gasteiger partial charge in [0.15, 0.2) is 11.5 Å². The van der Waals surface area contributed by atoms with Crippen LogP contribution in [0.2, 0.25) is 0 Å². The van der Waals surface area contributed by atoms with Crippen LogP contribution in [0.5, 0.6) is 0 Å². The maximum atomic E-state index is 14.8. The van der Waals surface area contributed by atoms with Gasteiger partial charge in [0.05, 0.1) is 12.6 Å². The Kier molecular flexibility index (Phi) is 4.30. The predicted octanol–water partition coefficient (Wildman–Crippen LogP) is 3.18. The Morgan fingerprint density at radius 2 is 1.96 bits per heavy atom. The molecule has 3 aromatic rings. The first-order valence-corrected chi connectivity index (χ1v) is 9.18. The highest BCUT2D eigenvalue weighted by atomic mass is 19.1. The Bertz CT molecular complexity index is 1000. The Balaban J connectivity index is 1.55. The van der Waals surface area contributed by atoms with Gasteiger partial charge in [-0.2, -0.15) is 5.10 Å². The van der Waals surface area contributed by atoms with Crippen molar-refractivity contribution in [1.82, 2.24) is 19.7 Å². The third-order valence-electron chi connectivity index (χ3n) is 5.30. The van der Waals surface area contributed by atoms with Crippen molar-refractivity contribution in [2.75, 3.05) is 13.1 Å². The number of pyridine rings is 1. The highest BCUT2D eigenvalue weighted by Crippen LogP contribution is 2.30. The van der Waals surface area contributed by atoms with Gasteiger partial charge in [-0.25, -0.2) is 4.39 Å². The quantitative estimate of drug-likeness (QED) is 0.696. The van der Waals surface area contributed by atoms with Crippen molar-refractivity contribution in [3.8, 4) is 11.1 Å². The molecule has 0 spiro atoms. The van der Waals surface area contributed by atoms with E-state index in [-0.39, 0.29) is 31.3 Å². The van der Waals surface area contributed by atoms with Gasteiger partial charge in [0.2, 0.25) is 0 Å². The SMILES string of the molecule is CC(C)N1CC(F)(C(=O)Cc2cc3cc(-c4cnn(C)c4)ccc3cn2)C1. The fourth-order valence-electron chi connectivity index (χ4n) is 3.50. The minimum absolute atomic E-state index is 0.0233. The first-order chi connectivity index (χ1) is 12.8. The predicted molar refractivity (Wildman–Crippen MR) is 103 cm³/mol. The fourth-order valence-corrected chi connectivity index (χ4v) is 3.50. The van der Waals surface area contributed by atoms with Crippen molar-refractivity contribution in [2.45, 2.75) is 32.0 Å². The number of rotatable bonds is 5. The van der Waals surface area contributed by atoms with Gasteiger partial charge in [0.25, 0.3) is 0 Å². The molecule has 6 heteroatoms. The van der Waals surface area contributed by atoms with Crippen molar-refractivity contribution >= 4 is 16.6 Å². The van der Waals surface area contributed by atoms with E-state index in [1.54, 1.807) is 10.9 Å². The van der Waals surface area contributed by atoms with Crippen LogP contribution in [-0.4, -0.2) is 50.2 Å². The first kappa shape index (κ1) is 17.8. The van der Waals surface area contributed by atoms with E-state index in [1.807, 2.05) is 56.4 Å². The molecule has 1 saturated heterocycles. The molecule has 4 rings (SSSR count). The summed E-state index contributed by atoms with van der Waals surface area (Å²) in [6.07, 6.45) is 5.54. The van der Waals surface area contributed by atoms with E-state index in [0.29, 0.717) is 5.69 Å². The van der Waals surface area contributed by atoms with Gasteiger partial charge in [0, 0.05) is 55.2 Å². The molecule has 1 aromatic carbocycles. The molecule has 1 aliphatic heterocycles. The molecule has 0 N–H and O–H groups in total. The zero-order chi connectivity index (χ0) is 19.2. The normalized spacial score (nSPS) is 16.6. The maximum Gasteiger partial charge on any atom is 0.194 e. The van der Waals surface area contributed by atoms with E-state index in [4.69, 9.17) is 0 Å². The average molecular weight is 366 g/mol. The minimum Gasteiger partial charge on any atom is -0.296 e. The number of ketones is 1. The molecule has 1 aliphatic rings. The van der Waals surface area contributed by atoms with E-state index < -0.39 is 5.67 Å². The van der Waals surface area contributed by atoms with Crippen molar-refractivity contribution in [3.05, 3.63) is 48.5 Å². The summed E-state index contributed by atoms with van der Waals surface area (Å²) in [6, 6.07) is 8.22. The molecule has 0 bridgehead atoms. The Morgan fingerprint density at radius 3 is 2.63 bits per heavy atom. The summed E-state index contributed by atoms with van der Waals surface area (Å²) in [5.41, 5.74) is 0.946. The van der Waals surface area contributed by atoms with E-state index in [9.17, 15) is 9.18 Å². The lowest BCUT2D eigenvalue weighted by molar-refractivity contribution is -0.144. The molecule has 27 heavy (non-hydrogen) atoms. The number of likely N-dealkylation sites (tertiary alicyclic amines) is 1. The lowest BCUT2D eigenvalue weighted by Crippen LogP contribution is -2.65. The number of aromatic nitrogens is 3. The monoisotopic (exact) mass is 366 g/mol. The van der Waals surface area contributed by atoms with Crippen LogP contribution in [0.15, 0.2) is 42.9 Å². The molecule has 0 aliphatic carbocycles. The number of fused-ring (bicyclic) bond motifs is 1. The standard InChI is InChI=1S/C21H23FN4O/c1-14(2)26-12-21(22,13-26)20(27)8-19-7-17-6-15(4-5-16(17)9-23-19)18-10-24-25(3)11-18/h4-7,9-11,14H,8,12-13H2,1-3H3. The third-order valence-corrected chi connectivity index (χ3v) is 5.30. The largest absolute Gasteiger partial charge is 0.296 e. The second kappa shape index (κ2) is 6.53. The van der Waals surface area contributed by atoms with E-state index >= 15 is 0 Å². The van der Waals surface area contributed by atoms with Gasteiger partial charge in [0.1, 0.15) is 0 Å². The van der Waals surface area contributed by atoms with Crippen LogP contribution in [0.3, 0.4) is 0 Å². The number of hydrogen-bond acceptors (Lipinski definition) is 4.